The highest BCUT2D eigenvalue weighted by Gasteiger charge is 2.34. The van der Waals surface area contributed by atoms with Gasteiger partial charge in [-0.1, -0.05) is 42.3 Å². The molecule has 1 unspecified atom stereocenters. The van der Waals surface area contributed by atoms with E-state index in [1.54, 1.807) is 25.2 Å². The van der Waals surface area contributed by atoms with Gasteiger partial charge in [0.05, 0.1) is 10.6 Å². The third-order valence-electron chi connectivity index (χ3n) is 4.77. The van der Waals surface area contributed by atoms with E-state index < -0.39 is 16.0 Å². The van der Waals surface area contributed by atoms with E-state index in [1.165, 1.54) is 10.4 Å². The lowest BCUT2D eigenvalue weighted by Crippen LogP contribution is -2.26. The summed E-state index contributed by atoms with van der Waals surface area (Å²) in [5.74, 6) is -0.951. The molecule has 0 spiro atoms. The maximum Gasteiger partial charge on any atom is 0.303 e. The second kappa shape index (κ2) is 7.29. The van der Waals surface area contributed by atoms with Crippen LogP contribution in [0.3, 0.4) is 0 Å². The topological polar surface area (TPSA) is 74.7 Å². The van der Waals surface area contributed by atoms with Gasteiger partial charge in [0.15, 0.2) is 0 Å². The minimum Gasteiger partial charge on any atom is -0.481 e. The Morgan fingerprint density at radius 2 is 1.88 bits per heavy atom. The molecular weight excluding hydrogens is 374 g/mol. The van der Waals surface area contributed by atoms with Crippen molar-refractivity contribution in [3.05, 3.63) is 58.6 Å². The number of para-hydroxylation sites is 1. The van der Waals surface area contributed by atoms with Gasteiger partial charge in [-0.05, 0) is 42.2 Å². The van der Waals surface area contributed by atoms with E-state index in [4.69, 9.17) is 16.7 Å². The van der Waals surface area contributed by atoms with Crippen molar-refractivity contribution in [2.45, 2.75) is 36.5 Å². The molecule has 0 saturated heterocycles. The number of benzene rings is 2. The fraction of sp³-hybridized carbons (Fsp3) is 0.316. The molecule has 1 heterocycles. The van der Waals surface area contributed by atoms with Crippen molar-refractivity contribution in [2.24, 2.45) is 0 Å². The van der Waals surface area contributed by atoms with E-state index in [0.29, 0.717) is 35.5 Å². The fourth-order valence-corrected chi connectivity index (χ4v) is 5.21. The number of unbranched alkanes of at least 4 members (excludes halogenated alkanes) is 1. The van der Waals surface area contributed by atoms with Crippen LogP contribution in [0.1, 0.15) is 42.7 Å². The van der Waals surface area contributed by atoms with Gasteiger partial charge in [-0.25, -0.2) is 8.42 Å². The fourth-order valence-electron chi connectivity index (χ4n) is 3.47. The normalized spacial score (nSPS) is 17.9. The summed E-state index contributed by atoms with van der Waals surface area (Å²) in [5, 5.41) is 9.22. The van der Waals surface area contributed by atoms with Gasteiger partial charge in [0, 0.05) is 24.4 Å². The number of anilines is 1. The molecule has 2 aromatic rings. The van der Waals surface area contributed by atoms with Crippen LogP contribution in [-0.2, 0) is 14.8 Å². The molecule has 1 aliphatic heterocycles. The Bertz CT molecular complexity index is 942. The zero-order valence-electron chi connectivity index (χ0n) is 14.4. The van der Waals surface area contributed by atoms with Crippen molar-refractivity contribution in [3.8, 4) is 0 Å². The molecule has 5 nitrogen and oxygen atoms in total. The highest BCUT2D eigenvalue weighted by molar-refractivity contribution is 7.92. The summed E-state index contributed by atoms with van der Waals surface area (Å²) in [7, 11) is -2.17. The first-order chi connectivity index (χ1) is 12.3. The van der Waals surface area contributed by atoms with E-state index in [-0.39, 0.29) is 17.2 Å². The van der Waals surface area contributed by atoms with E-state index in [0.717, 1.165) is 5.56 Å². The number of aliphatic carboxylic acids is 1. The quantitative estimate of drug-likeness (QED) is 0.770. The summed E-state index contributed by atoms with van der Waals surface area (Å²) in [6.07, 6.45) is 2.03. The number of sulfonamides is 1. The van der Waals surface area contributed by atoms with Crippen molar-refractivity contribution in [1.29, 1.82) is 0 Å². The number of halogens is 1. The van der Waals surface area contributed by atoms with Gasteiger partial charge in [-0.15, -0.1) is 0 Å². The molecule has 7 heteroatoms. The van der Waals surface area contributed by atoms with Gasteiger partial charge in [-0.2, -0.15) is 0 Å². The van der Waals surface area contributed by atoms with Crippen molar-refractivity contribution in [2.75, 3.05) is 11.4 Å². The number of carboxylic acid groups (broad SMARTS) is 1. The molecule has 0 aromatic heterocycles. The lowest BCUT2D eigenvalue weighted by Gasteiger charge is -2.21. The molecule has 1 atom stereocenters. The maximum atomic E-state index is 13.1. The number of hydrogen-bond acceptors (Lipinski definition) is 3. The van der Waals surface area contributed by atoms with Crippen molar-refractivity contribution in [3.63, 3.8) is 0 Å². The Labute approximate surface area is 158 Å². The predicted octanol–water partition coefficient (Wildman–Crippen LogP) is 4.26. The smallest absolute Gasteiger partial charge is 0.303 e. The third kappa shape index (κ3) is 3.44. The Morgan fingerprint density at radius 1 is 1.15 bits per heavy atom. The highest BCUT2D eigenvalue weighted by Crippen LogP contribution is 2.44. The predicted molar refractivity (Wildman–Crippen MR) is 101 cm³/mol. The second-order valence-electron chi connectivity index (χ2n) is 6.41. The van der Waals surface area contributed by atoms with Crippen LogP contribution >= 0.6 is 11.6 Å². The third-order valence-corrected chi connectivity index (χ3v) is 6.84. The van der Waals surface area contributed by atoms with Gasteiger partial charge >= 0.3 is 5.97 Å². The molecule has 0 fully saturated rings. The molecular formula is C19H20ClNO4S. The average molecular weight is 394 g/mol. The molecule has 0 aliphatic carbocycles. The van der Waals surface area contributed by atoms with Crippen LogP contribution in [0, 0.1) is 0 Å². The van der Waals surface area contributed by atoms with Crippen molar-refractivity contribution in [1.82, 2.24) is 0 Å². The number of carbonyl (C=O) groups is 1. The molecule has 1 aliphatic rings. The Morgan fingerprint density at radius 3 is 2.62 bits per heavy atom. The standard InChI is InChI=1S/C19H20ClNO4S/c1-21-17-8-4-2-7-15(17)14(6-3-5-9-19(22)23)16-11-10-13(20)12-18(16)26(21,24)25/h2,4,7-8,10-12,14H,3,5-6,9H2,1H3,(H,22,23). The molecule has 138 valence electrons. The zero-order valence-corrected chi connectivity index (χ0v) is 15.9. The molecule has 26 heavy (non-hydrogen) atoms. The number of fused-ring (bicyclic) bond motifs is 2. The zero-order chi connectivity index (χ0) is 18.9. The van der Waals surface area contributed by atoms with E-state index >= 15 is 0 Å². The second-order valence-corrected chi connectivity index (χ2v) is 8.78. The molecule has 3 rings (SSSR count). The van der Waals surface area contributed by atoms with E-state index in [9.17, 15) is 13.2 Å². The van der Waals surface area contributed by atoms with Crippen LogP contribution in [0.25, 0.3) is 0 Å². The summed E-state index contributed by atoms with van der Waals surface area (Å²) in [5.41, 5.74) is 2.28. The number of nitrogens with zero attached hydrogens (tertiary/aromatic N) is 1. The first kappa shape index (κ1) is 18.7. The van der Waals surface area contributed by atoms with Crippen molar-refractivity contribution >= 4 is 33.3 Å². The molecule has 0 amide bonds. The average Bonchev–Trinajstić information content (AvgIpc) is 2.67. The maximum absolute atomic E-state index is 13.1. The first-order valence-electron chi connectivity index (χ1n) is 8.41. The van der Waals surface area contributed by atoms with Gasteiger partial charge in [0.1, 0.15) is 0 Å². The highest BCUT2D eigenvalue weighted by atomic mass is 35.5. The molecule has 0 bridgehead atoms. The van der Waals surface area contributed by atoms with Crippen LogP contribution in [0.15, 0.2) is 47.4 Å². The van der Waals surface area contributed by atoms with Crippen LogP contribution in [0.5, 0.6) is 0 Å². The van der Waals surface area contributed by atoms with Crippen LogP contribution in [0.4, 0.5) is 5.69 Å². The molecule has 2 aromatic carbocycles. The monoisotopic (exact) mass is 393 g/mol. The number of rotatable bonds is 5. The minimum absolute atomic E-state index is 0.111. The van der Waals surface area contributed by atoms with Gasteiger partial charge in [-0.3, -0.25) is 9.10 Å². The number of carboxylic acids is 1. The van der Waals surface area contributed by atoms with Gasteiger partial charge in [0.2, 0.25) is 0 Å². The summed E-state index contributed by atoms with van der Waals surface area (Å²) >= 11 is 6.08. The van der Waals surface area contributed by atoms with Gasteiger partial charge < -0.3 is 5.11 Å². The summed E-state index contributed by atoms with van der Waals surface area (Å²) < 4.78 is 27.5. The molecule has 0 radical (unpaired) electrons. The number of hydrogen-bond donors (Lipinski definition) is 1. The van der Waals surface area contributed by atoms with Crippen LogP contribution in [0.2, 0.25) is 5.02 Å². The summed E-state index contributed by atoms with van der Waals surface area (Å²) in [4.78, 5) is 11.0. The molecule has 1 N–H and O–H groups in total. The van der Waals surface area contributed by atoms with Crippen molar-refractivity contribution < 1.29 is 18.3 Å². The first-order valence-corrected chi connectivity index (χ1v) is 10.2. The summed E-state index contributed by atoms with van der Waals surface area (Å²) in [6, 6.07) is 12.4. The van der Waals surface area contributed by atoms with E-state index in [2.05, 4.69) is 0 Å². The Balaban J connectivity index is 2.11. The Hall–Kier alpha value is -2.05. The van der Waals surface area contributed by atoms with Gasteiger partial charge in [0.25, 0.3) is 10.0 Å². The molecule has 0 saturated carbocycles. The minimum atomic E-state index is -3.72. The Kier molecular flexibility index (Phi) is 5.25. The SMILES string of the molecule is CN1c2ccccc2C(CCCCC(=O)O)c2ccc(Cl)cc2S1(=O)=O. The lowest BCUT2D eigenvalue weighted by molar-refractivity contribution is -0.137. The largest absolute Gasteiger partial charge is 0.481 e. The van der Waals surface area contributed by atoms with Crippen LogP contribution < -0.4 is 4.31 Å². The lowest BCUT2D eigenvalue weighted by atomic mass is 9.86. The summed E-state index contributed by atoms with van der Waals surface area (Å²) in [6.45, 7) is 0. The van der Waals surface area contributed by atoms with E-state index in [1.807, 2.05) is 18.2 Å². The van der Waals surface area contributed by atoms with Crippen LogP contribution in [-0.4, -0.2) is 26.5 Å².